The Labute approximate surface area is 112 Å². The van der Waals surface area contributed by atoms with Crippen molar-refractivity contribution in [1.29, 1.82) is 0 Å². The lowest BCUT2D eigenvalue weighted by Crippen LogP contribution is -2.89. The van der Waals surface area contributed by atoms with E-state index in [0.717, 1.165) is 24.0 Å². The molecule has 0 radical (unpaired) electrons. The zero-order chi connectivity index (χ0) is 14.0. The van der Waals surface area contributed by atoms with Crippen molar-refractivity contribution in [2.45, 2.75) is 25.9 Å². The van der Waals surface area contributed by atoms with Gasteiger partial charge in [0.2, 0.25) is 0 Å². The second kappa shape index (κ2) is 5.59. The molecule has 0 saturated heterocycles. The Balaban J connectivity index is 2.27. The number of aliphatic hydroxyl groups excluding tert-OH is 1. The smallest absolute Gasteiger partial charge is 0.328 e. The first-order valence-electron chi connectivity index (χ1n) is 6.67. The van der Waals surface area contributed by atoms with Gasteiger partial charge in [-0.1, -0.05) is 13.0 Å². The SMILES string of the molecule is CC[C@H](CO)[NH2+]Cc1ccc2c(c1)n(C)c(=O)n2C. The highest BCUT2D eigenvalue weighted by molar-refractivity contribution is 5.76. The highest BCUT2D eigenvalue weighted by Crippen LogP contribution is 2.13. The normalized spacial score (nSPS) is 13.1. The Morgan fingerprint density at radius 1 is 1.26 bits per heavy atom. The Hall–Kier alpha value is -1.59. The minimum absolute atomic E-state index is 0.00192. The van der Waals surface area contributed by atoms with E-state index in [4.69, 9.17) is 0 Å². The fourth-order valence-corrected chi connectivity index (χ4v) is 2.35. The summed E-state index contributed by atoms with van der Waals surface area (Å²) in [4.78, 5) is 11.8. The summed E-state index contributed by atoms with van der Waals surface area (Å²) in [5.74, 6) is 0. The molecular weight excluding hydrogens is 242 g/mol. The summed E-state index contributed by atoms with van der Waals surface area (Å²) in [5, 5.41) is 11.3. The van der Waals surface area contributed by atoms with Crippen LogP contribution in [0.15, 0.2) is 23.0 Å². The highest BCUT2D eigenvalue weighted by Gasteiger charge is 2.10. The topological polar surface area (TPSA) is 63.8 Å². The van der Waals surface area contributed by atoms with Crippen LogP contribution in [-0.2, 0) is 20.6 Å². The van der Waals surface area contributed by atoms with E-state index < -0.39 is 0 Å². The maximum Gasteiger partial charge on any atom is 0.328 e. The van der Waals surface area contributed by atoms with Gasteiger partial charge in [0.05, 0.1) is 17.6 Å². The number of aryl methyl sites for hydroxylation is 2. The van der Waals surface area contributed by atoms with Crippen LogP contribution in [0.4, 0.5) is 0 Å². The van der Waals surface area contributed by atoms with Crippen LogP contribution in [-0.4, -0.2) is 26.9 Å². The molecule has 0 bridgehead atoms. The molecule has 2 aromatic rings. The van der Waals surface area contributed by atoms with E-state index in [0.29, 0.717) is 0 Å². The number of aliphatic hydroxyl groups is 1. The van der Waals surface area contributed by atoms with Crippen LogP contribution in [0.25, 0.3) is 11.0 Å². The second-order valence-electron chi connectivity index (χ2n) is 5.01. The predicted molar refractivity (Wildman–Crippen MR) is 75.0 cm³/mol. The maximum absolute atomic E-state index is 11.8. The van der Waals surface area contributed by atoms with Crippen molar-refractivity contribution < 1.29 is 10.4 Å². The molecule has 0 aliphatic heterocycles. The van der Waals surface area contributed by atoms with E-state index in [1.165, 1.54) is 5.56 Å². The van der Waals surface area contributed by atoms with Gasteiger partial charge in [-0.2, -0.15) is 0 Å². The molecule has 1 heterocycles. The van der Waals surface area contributed by atoms with Crippen molar-refractivity contribution in [3.8, 4) is 0 Å². The van der Waals surface area contributed by atoms with Crippen molar-refractivity contribution in [2.24, 2.45) is 14.1 Å². The molecule has 0 spiro atoms. The molecule has 2 rings (SSSR count). The predicted octanol–water partition coefficient (Wildman–Crippen LogP) is -0.289. The Morgan fingerprint density at radius 2 is 1.95 bits per heavy atom. The van der Waals surface area contributed by atoms with Crippen LogP contribution in [0.3, 0.4) is 0 Å². The molecule has 19 heavy (non-hydrogen) atoms. The van der Waals surface area contributed by atoms with Crippen molar-refractivity contribution in [3.63, 3.8) is 0 Å². The number of quaternary nitrogens is 1. The lowest BCUT2D eigenvalue weighted by Gasteiger charge is -2.10. The van der Waals surface area contributed by atoms with Crippen molar-refractivity contribution in [3.05, 3.63) is 34.2 Å². The molecule has 3 N–H and O–H groups in total. The van der Waals surface area contributed by atoms with Crippen LogP contribution in [0.2, 0.25) is 0 Å². The quantitative estimate of drug-likeness (QED) is 0.779. The molecule has 5 nitrogen and oxygen atoms in total. The molecule has 1 atom stereocenters. The van der Waals surface area contributed by atoms with E-state index in [1.54, 1.807) is 23.2 Å². The van der Waals surface area contributed by atoms with Gasteiger partial charge in [0.25, 0.3) is 0 Å². The maximum atomic E-state index is 11.8. The molecule has 0 aliphatic rings. The van der Waals surface area contributed by atoms with Gasteiger partial charge in [0.15, 0.2) is 0 Å². The average molecular weight is 264 g/mol. The zero-order valence-corrected chi connectivity index (χ0v) is 11.8. The lowest BCUT2D eigenvalue weighted by molar-refractivity contribution is -0.706. The van der Waals surface area contributed by atoms with Gasteiger partial charge < -0.3 is 10.4 Å². The van der Waals surface area contributed by atoms with Crippen molar-refractivity contribution >= 4 is 11.0 Å². The molecular formula is C14H22N3O2+. The van der Waals surface area contributed by atoms with Crippen LogP contribution in [0.5, 0.6) is 0 Å². The number of hydrogen-bond acceptors (Lipinski definition) is 2. The number of imidazole rings is 1. The van der Waals surface area contributed by atoms with Gasteiger partial charge in [-0.25, -0.2) is 4.79 Å². The molecule has 0 fully saturated rings. The van der Waals surface area contributed by atoms with Gasteiger partial charge in [-0.15, -0.1) is 0 Å². The summed E-state index contributed by atoms with van der Waals surface area (Å²) in [6.45, 7) is 3.09. The molecule has 0 aliphatic carbocycles. The summed E-state index contributed by atoms with van der Waals surface area (Å²) in [7, 11) is 3.58. The first-order valence-corrected chi connectivity index (χ1v) is 6.67. The van der Waals surface area contributed by atoms with Gasteiger partial charge in [-0.05, 0) is 18.6 Å². The molecule has 0 unspecified atom stereocenters. The first-order chi connectivity index (χ1) is 9.08. The number of aromatic nitrogens is 2. The number of benzene rings is 1. The average Bonchev–Trinajstić information content (AvgIpc) is 2.65. The summed E-state index contributed by atoms with van der Waals surface area (Å²) in [6, 6.07) is 6.33. The summed E-state index contributed by atoms with van der Waals surface area (Å²) >= 11 is 0. The van der Waals surface area contributed by atoms with Gasteiger partial charge in [0, 0.05) is 19.7 Å². The van der Waals surface area contributed by atoms with Crippen LogP contribution < -0.4 is 11.0 Å². The molecule has 1 aromatic carbocycles. The number of fused-ring (bicyclic) bond motifs is 1. The summed E-state index contributed by atoms with van der Waals surface area (Å²) in [6.07, 6.45) is 0.947. The molecule has 0 amide bonds. The minimum Gasteiger partial charge on any atom is -0.390 e. The summed E-state index contributed by atoms with van der Waals surface area (Å²) < 4.78 is 3.33. The van der Waals surface area contributed by atoms with E-state index in [1.807, 2.05) is 12.1 Å². The highest BCUT2D eigenvalue weighted by atomic mass is 16.3. The number of nitrogens with two attached hydrogens (primary N) is 1. The van der Waals surface area contributed by atoms with Crippen molar-refractivity contribution in [2.75, 3.05) is 6.61 Å². The zero-order valence-electron chi connectivity index (χ0n) is 11.8. The molecule has 5 heteroatoms. The standard InChI is InChI=1S/C14H21N3O2/c1-4-11(9-18)15-8-10-5-6-12-13(7-10)17(3)14(19)16(12)2/h5-7,11,15,18H,4,8-9H2,1-3H3/p+1/t11-/m1/s1. The Morgan fingerprint density at radius 3 is 2.58 bits per heavy atom. The number of rotatable bonds is 5. The van der Waals surface area contributed by atoms with Gasteiger partial charge in [0.1, 0.15) is 12.6 Å². The minimum atomic E-state index is -0.00192. The Kier molecular flexibility index (Phi) is 4.07. The second-order valence-corrected chi connectivity index (χ2v) is 5.01. The summed E-state index contributed by atoms with van der Waals surface area (Å²) in [5.41, 5.74) is 3.07. The third kappa shape index (κ3) is 2.57. The van der Waals surface area contributed by atoms with E-state index in [-0.39, 0.29) is 18.3 Å². The largest absolute Gasteiger partial charge is 0.390 e. The van der Waals surface area contributed by atoms with Crippen LogP contribution in [0, 0.1) is 0 Å². The fraction of sp³-hybridized carbons (Fsp3) is 0.500. The molecule has 104 valence electrons. The molecule has 1 aromatic heterocycles. The fourth-order valence-electron chi connectivity index (χ4n) is 2.35. The third-order valence-corrected chi connectivity index (χ3v) is 3.78. The van der Waals surface area contributed by atoms with E-state index >= 15 is 0 Å². The molecule has 0 saturated carbocycles. The van der Waals surface area contributed by atoms with Gasteiger partial charge in [-0.3, -0.25) is 9.13 Å². The monoisotopic (exact) mass is 264 g/mol. The van der Waals surface area contributed by atoms with Gasteiger partial charge >= 0.3 is 5.69 Å². The number of nitrogens with zero attached hydrogens (tertiary/aromatic N) is 2. The Bertz CT molecular complexity index is 623. The van der Waals surface area contributed by atoms with Crippen molar-refractivity contribution in [1.82, 2.24) is 9.13 Å². The first kappa shape index (κ1) is 13.8. The lowest BCUT2D eigenvalue weighted by atomic mass is 10.1. The number of hydrogen-bond donors (Lipinski definition) is 2. The van der Waals surface area contributed by atoms with E-state index in [2.05, 4.69) is 18.3 Å². The van der Waals surface area contributed by atoms with Crippen LogP contribution in [0.1, 0.15) is 18.9 Å². The third-order valence-electron chi connectivity index (χ3n) is 3.78. The van der Waals surface area contributed by atoms with E-state index in [9.17, 15) is 9.90 Å². The van der Waals surface area contributed by atoms with Crippen LogP contribution >= 0.6 is 0 Å².